The van der Waals surface area contributed by atoms with Gasteiger partial charge in [-0.3, -0.25) is 4.79 Å². The van der Waals surface area contributed by atoms with Crippen molar-refractivity contribution < 1.29 is 14.3 Å². The Bertz CT molecular complexity index is 917. The smallest absolute Gasteiger partial charge is 0.328 e. The molecule has 1 N–H and O–H groups in total. The van der Waals surface area contributed by atoms with Gasteiger partial charge in [-0.1, -0.05) is 15.9 Å². The zero-order valence-electron chi connectivity index (χ0n) is 14.2. The van der Waals surface area contributed by atoms with Gasteiger partial charge in [-0.05, 0) is 43.3 Å². The summed E-state index contributed by atoms with van der Waals surface area (Å²) in [5, 5.41) is 7.00. The predicted molar refractivity (Wildman–Crippen MR) is 99.5 cm³/mol. The number of nitrogens with zero attached hydrogens (tertiary/aromatic N) is 3. The van der Waals surface area contributed by atoms with Gasteiger partial charge >= 0.3 is 5.97 Å². The van der Waals surface area contributed by atoms with E-state index in [4.69, 9.17) is 0 Å². The molecular weight excluding hydrogens is 400 g/mol. The third kappa shape index (κ3) is 3.55. The van der Waals surface area contributed by atoms with Crippen LogP contribution in [0.1, 0.15) is 17.3 Å². The first-order chi connectivity index (χ1) is 12.5. The van der Waals surface area contributed by atoms with Crippen LogP contribution in [-0.4, -0.2) is 39.4 Å². The fraction of sp³-hybridized carbons (Fsp3) is 0.167. The minimum Gasteiger partial charge on any atom is -0.467 e. The Morgan fingerprint density at radius 2 is 1.85 bits per heavy atom. The molecule has 0 saturated carbocycles. The van der Waals surface area contributed by atoms with E-state index in [1.807, 2.05) is 48.8 Å². The minimum atomic E-state index is -0.763. The van der Waals surface area contributed by atoms with E-state index in [-0.39, 0.29) is 0 Å². The number of amides is 1. The average Bonchev–Trinajstić information content (AvgIpc) is 3.30. The van der Waals surface area contributed by atoms with E-state index >= 15 is 0 Å². The van der Waals surface area contributed by atoms with Gasteiger partial charge in [-0.2, -0.15) is 5.10 Å². The normalized spacial score (nSPS) is 11.8. The molecule has 0 bridgehead atoms. The summed E-state index contributed by atoms with van der Waals surface area (Å²) in [7, 11) is 1.28. The van der Waals surface area contributed by atoms with Crippen molar-refractivity contribution in [2.45, 2.75) is 13.0 Å². The van der Waals surface area contributed by atoms with Gasteiger partial charge in [0.1, 0.15) is 11.6 Å². The topological polar surface area (TPSA) is 78.2 Å². The predicted octanol–water partition coefficient (Wildman–Crippen LogP) is 2.72. The van der Waals surface area contributed by atoms with Crippen molar-refractivity contribution >= 4 is 27.8 Å². The number of methoxy groups -OCH3 is 1. The van der Waals surface area contributed by atoms with Crippen LogP contribution in [0.2, 0.25) is 0 Å². The molecule has 2 aromatic heterocycles. The molecule has 0 radical (unpaired) electrons. The maximum Gasteiger partial charge on any atom is 0.328 e. The Hall–Kier alpha value is -2.87. The molecular formula is C18H17BrN4O3. The van der Waals surface area contributed by atoms with Crippen molar-refractivity contribution in [1.82, 2.24) is 19.7 Å². The minimum absolute atomic E-state index is 0.347. The number of benzene rings is 1. The van der Waals surface area contributed by atoms with Crippen LogP contribution in [0.15, 0.2) is 59.5 Å². The standard InChI is InChI=1S/C18H17BrN4O3/c1-12(18(25)26-2)21-16(24)15-11-20-23(14-7-5-13(19)6-8-14)17(15)22-9-3-4-10-22/h3-12H,1-2H3,(H,21,24)/t12-/m0/s1. The molecule has 0 saturated heterocycles. The van der Waals surface area contributed by atoms with Gasteiger partial charge in [0.15, 0.2) is 5.82 Å². The highest BCUT2D eigenvalue weighted by Crippen LogP contribution is 2.21. The molecule has 134 valence electrons. The van der Waals surface area contributed by atoms with Crippen molar-refractivity contribution in [3.63, 3.8) is 0 Å². The molecule has 8 heteroatoms. The van der Waals surface area contributed by atoms with Crippen molar-refractivity contribution in [2.75, 3.05) is 7.11 Å². The van der Waals surface area contributed by atoms with Crippen LogP contribution in [0.3, 0.4) is 0 Å². The Kier molecular flexibility index (Phi) is 5.22. The molecule has 0 unspecified atom stereocenters. The number of aromatic nitrogens is 3. The second kappa shape index (κ2) is 7.57. The van der Waals surface area contributed by atoms with Crippen LogP contribution in [-0.2, 0) is 9.53 Å². The van der Waals surface area contributed by atoms with Crippen molar-refractivity contribution in [3.8, 4) is 11.5 Å². The zero-order valence-corrected chi connectivity index (χ0v) is 15.8. The summed E-state index contributed by atoms with van der Waals surface area (Å²) in [6.45, 7) is 1.57. The van der Waals surface area contributed by atoms with E-state index in [1.54, 1.807) is 16.2 Å². The molecule has 1 amide bonds. The molecule has 0 aliphatic carbocycles. The summed E-state index contributed by atoms with van der Waals surface area (Å²) < 4.78 is 9.07. The number of hydrogen-bond acceptors (Lipinski definition) is 4. The molecule has 0 spiro atoms. The van der Waals surface area contributed by atoms with Crippen LogP contribution >= 0.6 is 15.9 Å². The van der Waals surface area contributed by atoms with E-state index in [0.29, 0.717) is 11.4 Å². The Labute approximate surface area is 158 Å². The molecule has 1 atom stereocenters. The number of ether oxygens (including phenoxy) is 1. The Morgan fingerprint density at radius 1 is 1.19 bits per heavy atom. The molecule has 0 aliphatic heterocycles. The first kappa shape index (κ1) is 17.9. The molecule has 26 heavy (non-hydrogen) atoms. The molecule has 3 aromatic rings. The van der Waals surface area contributed by atoms with Crippen molar-refractivity contribution in [3.05, 3.63) is 65.0 Å². The van der Waals surface area contributed by atoms with Gasteiger partial charge < -0.3 is 14.6 Å². The summed E-state index contributed by atoms with van der Waals surface area (Å²) >= 11 is 3.41. The second-order valence-electron chi connectivity index (χ2n) is 5.58. The molecule has 0 fully saturated rings. The third-order valence-corrected chi connectivity index (χ3v) is 4.34. The van der Waals surface area contributed by atoms with Gasteiger partial charge in [-0.25, -0.2) is 9.48 Å². The van der Waals surface area contributed by atoms with Crippen LogP contribution in [0.25, 0.3) is 11.5 Å². The van der Waals surface area contributed by atoms with Gasteiger partial charge in [-0.15, -0.1) is 0 Å². The number of esters is 1. The van der Waals surface area contributed by atoms with Gasteiger partial charge in [0.25, 0.3) is 5.91 Å². The molecule has 3 rings (SSSR count). The lowest BCUT2D eigenvalue weighted by Crippen LogP contribution is -2.39. The van der Waals surface area contributed by atoms with Gasteiger partial charge in [0.05, 0.1) is 19.0 Å². The lowest BCUT2D eigenvalue weighted by molar-refractivity contribution is -0.142. The number of carbonyl (C=O) groups excluding carboxylic acids is 2. The highest BCUT2D eigenvalue weighted by atomic mass is 79.9. The average molecular weight is 417 g/mol. The molecule has 0 aliphatic rings. The van der Waals surface area contributed by atoms with Gasteiger partial charge in [0, 0.05) is 16.9 Å². The first-order valence-electron chi connectivity index (χ1n) is 7.87. The van der Waals surface area contributed by atoms with Crippen molar-refractivity contribution in [1.29, 1.82) is 0 Å². The zero-order chi connectivity index (χ0) is 18.7. The lowest BCUT2D eigenvalue weighted by Gasteiger charge is -2.13. The van der Waals surface area contributed by atoms with Gasteiger partial charge in [0.2, 0.25) is 0 Å². The molecule has 7 nitrogen and oxygen atoms in total. The number of nitrogens with one attached hydrogen (secondary N) is 1. The largest absolute Gasteiger partial charge is 0.467 e. The van der Waals surface area contributed by atoms with E-state index in [2.05, 4.69) is 31.1 Å². The Balaban J connectivity index is 2.02. The number of carbonyl (C=O) groups is 2. The fourth-order valence-electron chi connectivity index (χ4n) is 2.51. The van der Waals surface area contributed by atoms with Crippen LogP contribution in [0.5, 0.6) is 0 Å². The monoisotopic (exact) mass is 416 g/mol. The van der Waals surface area contributed by atoms with Crippen LogP contribution in [0, 0.1) is 0 Å². The quantitative estimate of drug-likeness (QED) is 0.648. The van der Waals surface area contributed by atoms with Crippen LogP contribution in [0.4, 0.5) is 0 Å². The lowest BCUT2D eigenvalue weighted by atomic mass is 10.2. The van der Waals surface area contributed by atoms with E-state index in [1.165, 1.54) is 13.3 Å². The summed E-state index contributed by atoms with van der Waals surface area (Å²) in [5.74, 6) is -0.344. The number of rotatable bonds is 5. The SMILES string of the molecule is COC(=O)[C@H](C)NC(=O)c1cnn(-c2ccc(Br)cc2)c1-n1cccc1. The maximum absolute atomic E-state index is 12.7. The van der Waals surface area contributed by atoms with E-state index in [0.717, 1.165) is 10.2 Å². The summed E-state index contributed by atoms with van der Waals surface area (Å²) in [5.41, 5.74) is 1.15. The molecule has 2 heterocycles. The molecule has 1 aromatic carbocycles. The highest BCUT2D eigenvalue weighted by Gasteiger charge is 2.23. The summed E-state index contributed by atoms with van der Waals surface area (Å²) in [4.78, 5) is 24.3. The number of halogens is 1. The first-order valence-corrected chi connectivity index (χ1v) is 8.66. The summed E-state index contributed by atoms with van der Waals surface area (Å²) in [6, 6.07) is 10.5. The number of hydrogen-bond donors (Lipinski definition) is 1. The van der Waals surface area contributed by atoms with Crippen LogP contribution < -0.4 is 5.32 Å². The second-order valence-corrected chi connectivity index (χ2v) is 6.49. The van der Waals surface area contributed by atoms with E-state index in [9.17, 15) is 9.59 Å². The highest BCUT2D eigenvalue weighted by molar-refractivity contribution is 9.10. The fourth-order valence-corrected chi connectivity index (χ4v) is 2.77. The van der Waals surface area contributed by atoms with E-state index < -0.39 is 17.9 Å². The Morgan fingerprint density at radius 3 is 2.46 bits per heavy atom. The van der Waals surface area contributed by atoms with Crippen molar-refractivity contribution in [2.24, 2.45) is 0 Å². The maximum atomic E-state index is 12.7. The summed E-state index contributed by atoms with van der Waals surface area (Å²) in [6.07, 6.45) is 5.14. The third-order valence-electron chi connectivity index (χ3n) is 3.81.